The number of rotatable bonds is 6. The van der Waals surface area contributed by atoms with E-state index in [2.05, 4.69) is 0 Å². The second kappa shape index (κ2) is 6.61. The smallest absolute Gasteiger partial charge is 0.224 e. The van der Waals surface area contributed by atoms with Crippen LogP contribution in [0.25, 0.3) is 0 Å². The summed E-state index contributed by atoms with van der Waals surface area (Å²) in [5.41, 5.74) is 6.38. The van der Waals surface area contributed by atoms with Crippen molar-refractivity contribution in [3.63, 3.8) is 0 Å². The highest BCUT2D eigenvalue weighted by atomic mass is 32.2. The third-order valence-electron chi connectivity index (χ3n) is 4.83. The molecule has 5 nitrogen and oxygen atoms in total. The molecule has 0 aromatic heterocycles. The van der Waals surface area contributed by atoms with Crippen molar-refractivity contribution in [3.8, 4) is 0 Å². The maximum atomic E-state index is 12.2. The van der Waals surface area contributed by atoms with Crippen LogP contribution < -0.4 is 5.73 Å². The number of nitrogens with two attached hydrogens (primary N) is 1. The summed E-state index contributed by atoms with van der Waals surface area (Å²) in [6.07, 6.45) is 4.08. The molecule has 0 radical (unpaired) electrons. The molecule has 1 aromatic rings. The number of hydrogen-bond acceptors (Lipinski definition) is 4. The number of carbonyl (C=O) groups excluding carboxylic acids is 1. The normalized spacial score (nSPS) is 21.0. The lowest BCUT2D eigenvalue weighted by Crippen LogP contribution is -2.26. The van der Waals surface area contributed by atoms with Gasteiger partial charge in [-0.1, -0.05) is 12.1 Å². The van der Waals surface area contributed by atoms with E-state index in [9.17, 15) is 13.2 Å². The van der Waals surface area contributed by atoms with E-state index in [1.807, 2.05) is 0 Å². The number of primary amides is 1. The number of ether oxygens (including phenoxy) is 1. The quantitative estimate of drug-likeness (QED) is 0.860. The van der Waals surface area contributed by atoms with Gasteiger partial charge >= 0.3 is 0 Å². The molecule has 1 aliphatic carbocycles. The zero-order valence-corrected chi connectivity index (χ0v) is 13.9. The monoisotopic (exact) mass is 337 g/mol. The van der Waals surface area contributed by atoms with Crippen LogP contribution in [0.4, 0.5) is 0 Å². The van der Waals surface area contributed by atoms with Crippen molar-refractivity contribution < 1.29 is 17.9 Å². The van der Waals surface area contributed by atoms with Gasteiger partial charge in [-0.05, 0) is 55.7 Å². The Labute approximate surface area is 137 Å². The maximum Gasteiger partial charge on any atom is 0.224 e. The van der Waals surface area contributed by atoms with Crippen molar-refractivity contribution >= 4 is 15.7 Å². The molecule has 6 heteroatoms. The molecule has 3 rings (SSSR count). The summed E-state index contributed by atoms with van der Waals surface area (Å²) in [7, 11) is -3.19. The Morgan fingerprint density at radius 1 is 1.13 bits per heavy atom. The van der Waals surface area contributed by atoms with Crippen molar-refractivity contribution in [2.24, 2.45) is 11.7 Å². The summed E-state index contributed by atoms with van der Waals surface area (Å²) in [5, 5.41) is -0.220. The Hall–Kier alpha value is -1.40. The van der Waals surface area contributed by atoms with E-state index in [-0.39, 0.29) is 17.1 Å². The number of amides is 1. The van der Waals surface area contributed by atoms with E-state index >= 15 is 0 Å². The van der Waals surface area contributed by atoms with Gasteiger partial charge in [0.1, 0.15) is 0 Å². The molecular weight excluding hydrogens is 314 g/mol. The highest BCUT2D eigenvalue weighted by Gasteiger charge is 2.37. The molecule has 1 saturated heterocycles. The molecule has 0 spiro atoms. The Morgan fingerprint density at radius 2 is 1.74 bits per heavy atom. The van der Waals surface area contributed by atoms with E-state index in [1.54, 1.807) is 24.3 Å². The molecule has 0 bridgehead atoms. The fraction of sp³-hybridized carbons (Fsp3) is 0.588. The van der Waals surface area contributed by atoms with Crippen molar-refractivity contribution in [1.82, 2.24) is 0 Å². The van der Waals surface area contributed by atoms with Gasteiger partial charge in [-0.3, -0.25) is 4.79 Å². The Morgan fingerprint density at radius 3 is 2.26 bits per heavy atom. The second-order valence-electron chi connectivity index (χ2n) is 6.56. The molecule has 1 unspecified atom stereocenters. The van der Waals surface area contributed by atoms with E-state index in [0.29, 0.717) is 17.2 Å². The molecule has 23 heavy (non-hydrogen) atoms. The number of sulfone groups is 1. The van der Waals surface area contributed by atoms with Gasteiger partial charge in [0.2, 0.25) is 5.91 Å². The summed E-state index contributed by atoms with van der Waals surface area (Å²) in [6, 6.07) is 6.71. The fourth-order valence-electron chi connectivity index (χ4n) is 3.19. The van der Waals surface area contributed by atoms with Crippen molar-refractivity contribution in [2.45, 2.75) is 48.2 Å². The molecule has 1 heterocycles. The maximum absolute atomic E-state index is 12.2. The molecule has 2 fully saturated rings. The van der Waals surface area contributed by atoms with Crippen molar-refractivity contribution in [1.29, 1.82) is 0 Å². The molecule has 1 amide bonds. The van der Waals surface area contributed by atoms with Gasteiger partial charge in [-0.25, -0.2) is 8.42 Å². The van der Waals surface area contributed by atoms with Crippen molar-refractivity contribution in [3.05, 3.63) is 29.8 Å². The average molecular weight is 337 g/mol. The van der Waals surface area contributed by atoms with Gasteiger partial charge in [-0.15, -0.1) is 0 Å². The zero-order valence-electron chi connectivity index (χ0n) is 13.1. The van der Waals surface area contributed by atoms with Gasteiger partial charge in [-0.2, -0.15) is 0 Å². The molecule has 1 saturated carbocycles. The lowest BCUT2D eigenvalue weighted by atomic mass is 9.85. The van der Waals surface area contributed by atoms with Gasteiger partial charge in [0.25, 0.3) is 0 Å². The predicted molar refractivity (Wildman–Crippen MR) is 86.7 cm³/mol. The Kier molecular flexibility index (Phi) is 4.73. The lowest BCUT2D eigenvalue weighted by Gasteiger charge is -2.25. The number of carbonyl (C=O) groups is 1. The molecular formula is C17H23NO4S. The summed E-state index contributed by atoms with van der Waals surface area (Å²) >= 11 is 0. The minimum absolute atomic E-state index is 0.220. The first-order chi connectivity index (χ1) is 11.0. The molecule has 1 aliphatic heterocycles. The highest BCUT2D eigenvalue weighted by Crippen LogP contribution is 2.35. The number of hydrogen-bond donors (Lipinski definition) is 1. The predicted octanol–water partition coefficient (Wildman–Crippen LogP) is 2.01. The Bertz CT molecular complexity index is 658. The van der Waals surface area contributed by atoms with E-state index < -0.39 is 9.84 Å². The lowest BCUT2D eigenvalue weighted by molar-refractivity contribution is -0.120. The summed E-state index contributed by atoms with van der Waals surface area (Å²) in [5.74, 6) is -0.291. The summed E-state index contributed by atoms with van der Waals surface area (Å²) in [4.78, 5) is 12.2. The summed E-state index contributed by atoms with van der Waals surface area (Å²) < 4.78 is 29.8. The first-order valence-electron chi connectivity index (χ1n) is 8.19. The van der Waals surface area contributed by atoms with Gasteiger partial charge in [0.15, 0.2) is 9.84 Å². The van der Waals surface area contributed by atoms with Crippen molar-refractivity contribution in [2.75, 3.05) is 13.2 Å². The van der Waals surface area contributed by atoms with Crippen LogP contribution in [0.1, 0.15) is 43.6 Å². The molecule has 2 aliphatic rings. The molecule has 1 aromatic carbocycles. The van der Waals surface area contributed by atoms with Crippen LogP contribution in [0, 0.1) is 5.92 Å². The molecule has 126 valence electrons. The van der Waals surface area contributed by atoms with E-state index in [1.165, 1.54) is 0 Å². The standard InChI is InChI=1S/C17H23NO4S/c18-17(19)16(11-12-7-9-22-10-8-12)13-1-3-14(4-2-13)23(20,21)15-5-6-15/h1-4,12,15-16H,5-11H2,(H2,18,19). The van der Waals surface area contributed by atoms with Crippen LogP contribution in [0.15, 0.2) is 29.2 Å². The van der Waals surface area contributed by atoms with Crippen LogP contribution in [0.5, 0.6) is 0 Å². The highest BCUT2D eigenvalue weighted by molar-refractivity contribution is 7.92. The van der Waals surface area contributed by atoms with Crippen LogP contribution >= 0.6 is 0 Å². The third-order valence-corrected chi connectivity index (χ3v) is 7.11. The third kappa shape index (κ3) is 3.75. The largest absolute Gasteiger partial charge is 0.381 e. The second-order valence-corrected chi connectivity index (χ2v) is 8.79. The zero-order chi connectivity index (χ0) is 16.4. The minimum Gasteiger partial charge on any atom is -0.381 e. The SMILES string of the molecule is NC(=O)C(CC1CCOCC1)c1ccc(S(=O)(=O)C2CC2)cc1. The van der Waals surface area contributed by atoms with Crippen LogP contribution in [-0.4, -0.2) is 32.8 Å². The van der Waals surface area contributed by atoms with E-state index in [0.717, 1.165) is 44.5 Å². The van der Waals surface area contributed by atoms with Gasteiger partial charge in [0.05, 0.1) is 16.1 Å². The summed E-state index contributed by atoms with van der Waals surface area (Å²) in [6.45, 7) is 1.46. The van der Waals surface area contributed by atoms with Crippen LogP contribution in [0.2, 0.25) is 0 Å². The average Bonchev–Trinajstić information content (AvgIpc) is 3.39. The molecule has 1 atom stereocenters. The van der Waals surface area contributed by atoms with Crippen LogP contribution in [-0.2, 0) is 19.4 Å². The van der Waals surface area contributed by atoms with Gasteiger partial charge < -0.3 is 10.5 Å². The fourth-order valence-corrected chi connectivity index (χ4v) is 4.85. The number of benzene rings is 1. The van der Waals surface area contributed by atoms with Gasteiger partial charge in [0, 0.05) is 13.2 Å². The first-order valence-corrected chi connectivity index (χ1v) is 9.74. The Balaban J connectivity index is 1.75. The van der Waals surface area contributed by atoms with E-state index in [4.69, 9.17) is 10.5 Å². The molecule has 2 N–H and O–H groups in total. The minimum atomic E-state index is -3.19. The topological polar surface area (TPSA) is 86.5 Å². The van der Waals surface area contributed by atoms with Crippen LogP contribution in [0.3, 0.4) is 0 Å². The first kappa shape index (κ1) is 16.5.